The van der Waals surface area contributed by atoms with Crippen LogP contribution < -0.4 is 10.1 Å². The number of carbonyl (C=O) groups is 1. The topological polar surface area (TPSA) is 69.0 Å². The average Bonchev–Trinajstić information content (AvgIpc) is 3.06. The van der Waals surface area contributed by atoms with Crippen LogP contribution in [0, 0.1) is 0 Å². The molecule has 0 atom stereocenters. The first kappa shape index (κ1) is 13.8. The number of amides is 1. The lowest BCUT2D eigenvalue weighted by molar-refractivity contribution is 0.101. The van der Waals surface area contributed by atoms with Crippen molar-refractivity contribution in [2.75, 3.05) is 12.4 Å². The van der Waals surface area contributed by atoms with E-state index in [1.54, 1.807) is 43.3 Å². The molecular formula is C13H11ClN4O2S. The van der Waals surface area contributed by atoms with Crippen LogP contribution in [0.2, 0.25) is 5.02 Å². The quantitative estimate of drug-likeness (QED) is 0.805. The molecule has 0 fully saturated rings. The van der Waals surface area contributed by atoms with E-state index in [9.17, 15) is 4.79 Å². The number of nitrogens with zero attached hydrogens (tertiary/aromatic N) is 3. The normalized spacial score (nSPS) is 10.8. The Kier molecular flexibility index (Phi) is 3.52. The van der Waals surface area contributed by atoms with Gasteiger partial charge in [0.2, 0.25) is 0 Å². The molecule has 0 saturated heterocycles. The van der Waals surface area contributed by atoms with E-state index in [0.717, 1.165) is 4.70 Å². The summed E-state index contributed by atoms with van der Waals surface area (Å²) in [5.74, 6) is 0.604. The fourth-order valence-corrected chi connectivity index (χ4v) is 3.06. The van der Waals surface area contributed by atoms with Crippen LogP contribution in [0.4, 0.5) is 5.13 Å². The zero-order valence-electron chi connectivity index (χ0n) is 11.3. The molecule has 108 valence electrons. The molecule has 1 N–H and O–H groups in total. The zero-order chi connectivity index (χ0) is 15.0. The highest BCUT2D eigenvalue weighted by molar-refractivity contribution is 7.23. The lowest BCUT2D eigenvalue weighted by Gasteiger charge is -2.01. The van der Waals surface area contributed by atoms with Crippen molar-refractivity contribution in [2.24, 2.45) is 7.05 Å². The van der Waals surface area contributed by atoms with Gasteiger partial charge in [-0.15, -0.1) is 0 Å². The van der Waals surface area contributed by atoms with E-state index >= 15 is 0 Å². The van der Waals surface area contributed by atoms with Gasteiger partial charge >= 0.3 is 0 Å². The number of hydrogen-bond acceptors (Lipinski definition) is 5. The molecule has 0 saturated carbocycles. The second-order valence-electron chi connectivity index (χ2n) is 4.26. The highest BCUT2D eigenvalue weighted by Gasteiger charge is 2.16. The average molecular weight is 323 g/mol. The third-order valence-corrected chi connectivity index (χ3v) is 4.35. The molecule has 2 aromatic heterocycles. The van der Waals surface area contributed by atoms with Crippen LogP contribution in [0.3, 0.4) is 0 Å². The molecule has 0 aliphatic rings. The molecule has 21 heavy (non-hydrogen) atoms. The minimum atomic E-state index is -0.323. The van der Waals surface area contributed by atoms with Gasteiger partial charge < -0.3 is 9.30 Å². The summed E-state index contributed by atoms with van der Waals surface area (Å²) in [5.41, 5.74) is 0.630. The minimum absolute atomic E-state index is 0.312. The molecule has 3 aromatic rings. The second-order valence-corrected chi connectivity index (χ2v) is 5.67. The summed E-state index contributed by atoms with van der Waals surface area (Å²) in [6.45, 7) is 0. The number of benzene rings is 1. The number of anilines is 1. The molecule has 0 unspecified atom stereocenters. The first-order valence-corrected chi connectivity index (χ1v) is 7.21. The third-order valence-electron chi connectivity index (χ3n) is 2.92. The van der Waals surface area contributed by atoms with Crippen molar-refractivity contribution in [2.45, 2.75) is 0 Å². The van der Waals surface area contributed by atoms with Crippen molar-refractivity contribution < 1.29 is 9.53 Å². The minimum Gasteiger partial charge on any atom is -0.494 e. The second kappa shape index (κ2) is 5.34. The standard InChI is InChI=1S/C13H11ClN4O2S/c1-18-6-5-15-11(18)12(19)17-13-16-9-8(20-2)4-3-7(14)10(9)21-13/h3-6H,1-2H3,(H,16,17,19). The van der Waals surface area contributed by atoms with Gasteiger partial charge in [0.05, 0.1) is 16.8 Å². The number of halogens is 1. The number of ether oxygens (including phenoxy) is 1. The molecule has 0 radical (unpaired) electrons. The van der Waals surface area contributed by atoms with Gasteiger partial charge in [-0.25, -0.2) is 9.97 Å². The van der Waals surface area contributed by atoms with Gasteiger partial charge in [0.1, 0.15) is 11.3 Å². The smallest absolute Gasteiger partial charge is 0.293 e. The maximum Gasteiger partial charge on any atom is 0.293 e. The van der Waals surface area contributed by atoms with Gasteiger partial charge in [0.15, 0.2) is 11.0 Å². The zero-order valence-corrected chi connectivity index (χ0v) is 12.8. The van der Waals surface area contributed by atoms with E-state index < -0.39 is 0 Å². The van der Waals surface area contributed by atoms with E-state index in [2.05, 4.69) is 15.3 Å². The highest BCUT2D eigenvalue weighted by Crippen LogP contribution is 2.37. The number of fused-ring (bicyclic) bond motifs is 1. The van der Waals surface area contributed by atoms with E-state index in [1.165, 1.54) is 11.3 Å². The summed E-state index contributed by atoms with van der Waals surface area (Å²) in [7, 11) is 3.31. The van der Waals surface area contributed by atoms with Crippen LogP contribution in [-0.4, -0.2) is 27.6 Å². The van der Waals surface area contributed by atoms with E-state index in [-0.39, 0.29) is 5.91 Å². The third kappa shape index (κ3) is 2.45. The Bertz CT molecular complexity index is 827. The maximum atomic E-state index is 12.1. The largest absolute Gasteiger partial charge is 0.494 e. The number of aromatic nitrogens is 3. The van der Waals surface area contributed by atoms with Crippen molar-refractivity contribution in [3.8, 4) is 5.75 Å². The molecule has 0 spiro atoms. The summed E-state index contributed by atoms with van der Waals surface area (Å²) in [5, 5.41) is 3.74. The van der Waals surface area contributed by atoms with Gasteiger partial charge in [0, 0.05) is 19.4 Å². The van der Waals surface area contributed by atoms with Crippen LogP contribution in [-0.2, 0) is 7.05 Å². The fraction of sp³-hybridized carbons (Fsp3) is 0.154. The number of carbonyl (C=O) groups excluding carboxylic acids is 1. The fourth-order valence-electron chi connectivity index (χ4n) is 1.91. The molecular weight excluding hydrogens is 312 g/mol. The Morgan fingerprint density at radius 1 is 1.48 bits per heavy atom. The van der Waals surface area contributed by atoms with Crippen molar-refractivity contribution in [1.29, 1.82) is 0 Å². The lowest BCUT2D eigenvalue weighted by atomic mass is 10.3. The van der Waals surface area contributed by atoms with E-state index in [1.807, 2.05) is 0 Å². The summed E-state index contributed by atoms with van der Waals surface area (Å²) in [6.07, 6.45) is 3.26. The van der Waals surface area contributed by atoms with Crippen LogP contribution in [0.15, 0.2) is 24.5 Å². The van der Waals surface area contributed by atoms with Crippen LogP contribution in [0.1, 0.15) is 10.6 Å². The Morgan fingerprint density at radius 3 is 2.95 bits per heavy atom. The number of thiazole rings is 1. The number of imidazole rings is 1. The summed E-state index contributed by atoms with van der Waals surface area (Å²) in [4.78, 5) is 20.5. The van der Waals surface area contributed by atoms with Crippen molar-refractivity contribution in [3.05, 3.63) is 35.4 Å². The van der Waals surface area contributed by atoms with Crippen molar-refractivity contribution in [1.82, 2.24) is 14.5 Å². The molecule has 6 nitrogen and oxygen atoms in total. The Balaban J connectivity index is 1.97. The van der Waals surface area contributed by atoms with Gasteiger partial charge in [0.25, 0.3) is 5.91 Å². The molecule has 0 aliphatic heterocycles. The first-order valence-electron chi connectivity index (χ1n) is 6.02. The SMILES string of the molecule is COc1ccc(Cl)c2sc(NC(=O)c3nccn3C)nc12. The summed E-state index contributed by atoms with van der Waals surface area (Å²) in [6, 6.07) is 3.49. The van der Waals surface area contributed by atoms with Crippen LogP contribution in [0.5, 0.6) is 5.75 Å². The van der Waals surface area contributed by atoms with E-state index in [0.29, 0.717) is 27.2 Å². The molecule has 0 aliphatic carbocycles. The Hall–Kier alpha value is -2.12. The van der Waals surface area contributed by atoms with Crippen LogP contribution >= 0.6 is 22.9 Å². The Morgan fingerprint density at radius 2 is 2.29 bits per heavy atom. The molecule has 0 bridgehead atoms. The molecule has 8 heteroatoms. The highest BCUT2D eigenvalue weighted by atomic mass is 35.5. The first-order chi connectivity index (χ1) is 10.1. The van der Waals surface area contributed by atoms with E-state index in [4.69, 9.17) is 16.3 Å². The number of hydrogen-bond donors (Lipinski definition) is 1. The molecule has 2 heterocycles. The monoisotopic (exact) mass is 322 g/mol. The summed E-state index contributed by atoms with van der Waals surface area (Å²) >= 11 is 7.44. The number of nitrogens with one attached hydrogen (secondary N) is 1. The number of aryl methyl sites for hydroxylation is 1. The summed E-state index contributed by atoms with van der Waals surface area (Å²) < 4.78 is 7.65. The predicted molar refractivity (Wildman–Crippen MR) is 82.3 cm³/mol. The van der Waals surface area contributed by atoms with Crippen molar-refractivity contribution in [3.63, 3.8) is 0 Å². The molecule has 1 aromatic carbocycles. The Labute approximate surface area is 129 Å². The van der Waals surface area contributed by atoms with Crippen LogP contribution in [0.25, 0.3) is 10.2 Å². The van der Waals surface area contributed by atoms with Crippen molar-refractivity contribution >= 4 is 44.2 Å². The molecule has 1 amide bonds. The van der Waals surface area contributed by atoms with Gasteiger partial charge in [-0.3, -0.25) is 10.1 Å². The number of rotatable bonds is 3. The maximum absolute atomic E-state index is 12.1. The number of methoxy groups -OCH3 is 1. The predicted octanol–water partition coefficient (Wildman–Crippen LogP) is 2.94. The van der Waals surface area contributed by atoms with Gasteiger partial charge in [-0.1, -0.05) is 22.9 Å². The lowest BCUT2D eigenvalue weighted by Crippen LogP contribution is -2.16. The van der Waals surface area contributed by atoms with Gasteiger partial charge in [-0.2, -0.15) is 0 Å². The van der Waals surface area contributed by atoms with Gasteiger partial charge in [-0.05, 0) is 12.1 Å². The molecule has 3 rings (SSSR count).